The van der Waals surface area contributed by atoms with Crippen molar-refractivity contribution in [3.63, 3.8) is 0 Å². The molecule has 1 atom stereocenters. The van der Waals surface area contributed by atoms with Crippen LogP contribution in [0.25, 0.3) is 0 Å². The Morgan fingerprint density at radius 3 is 2.89 bits per heavy atom. The summed E-state index contributed by atoms with van der Waals surface area (Å²) in [5.74, 6) is 0. The van der Waals surface area contributed by atoms with E-state index in [2.05, 4.69) is 12.7 Å². The molecule has 0 aromatic heterocycles. The molecule has 1 aliphatic rings. The standard InChI is InChI=1S/C8H13N/c1-2-3-7-4-5-8(9)6-7/h2-3,8H,1,4-6,9H2/b7-3+. The summed E-state index contributed by atoms with van der Waals surface area (Å²) in [4.78, 5) is 0. The van der Waals surface area contributed by atoms with Crippen LogP contribution in [0, 0.1) is 0 Å². The van der Waals surface area contributed by atoms with E-state index in [4.69, 9.17) is 5.73 Å². The second-order valence-corrected chi connectivity index (χ2v) is 2.56. The van der Waals surface area contributed by atoms with E-state index in [1.54, 1.807) is 0 Å². The van der Waals surface area contributed by atoms with E-state index in [0.29, 0.717) is 6.04 Å². The van der Waals surface area contributed by atoms with E-state index >= 15 is 0 Å². The van der Waals surface area contributed by atoms with Crippen molar-refractivity contribution in [3.8, 4) is 0 Å². The Morgan fingerprint density at radius 2 is 2.44 bits per heavy atom. The van der Waals surface area contributed by atoms with Crippen molar-refractivity contribution in [2.24, 2.45) is 5.73 Å². The minimum Gasteiger partial charge on any atom is -0.327 e. The van der Waals surface area contributed by atoms with Gasteiger partial charge in [-0.3, -0.25) is 0 Å². The monoisotopic (exact) mass is 123 g/mol. The van der Waals surface area contributed by atoms with Gasteiger partial charge in [0.15, 0.2) is 0 Å². The summed E-state index contributed by atoms with van der Waals surface area (Å²) < 4.78 is 0. The van der Waals surface area contributed by atoms with Gasteiger partial charge in [-0.25, -0.2) is 0 Å². The molecular weight excluding hydrogens is 110 g/mol. The Labute approximate surface area is 56.2 Å². The molecule has 2 N–H and O–H groups in total. The number of hydrogen-bond acceptors (Lipinski definition) is 1. The van der Waals surface area contributed by atoms with Gasteiger partial charge >= 0.3 is 0 Å². The Hall–Kier alpha value is -0.560. The fourth-order valence-corrected chi connectivity index (χ4v) is 1.23. The molecule has 1 aliphatic carbocycles. The summed E-state index contributed by atoms with van der Waals surface area (Å²) in [7, 11) is 0. The lowest BCUT2D eigenvalue weighted by Crippen LogP contribution is -2.13. The van der Waals surface area contributed by atoms with Crippen LogP contribution in [0.5, 0.6) is 0 Å². The van der Waals surface area contributed by atoms with Crippen molar-refractivity contribution in [2.45, 2.75) is 25.3 Å². The maximum Gasteiger partial charge on any atom is 0.00792 e. The van der Waals surface area contributed by atoms with Crippen LogP contribution < -0.4 is 5.73 Å². The van der Waals surface area contributed by atoms with Crippen molar-refractivity contribution < 1.29 is 0 Å². The van der Waals surface area contributed by atoms with Crippen LogP contribution >= 0.6 is 0 Å². The molecule has 0 amide bonds. The quantitative estimate of drug-likeness (QED) is 0.563. The zero-order valence-corrected chi connectivity index (χ0v) is 5.64. The van der Waals surface area contributed by atoms with Crippen LogP contribution in [0.3, 0.4) is 0 Å². The third-order valence-electron chi connectivity index (χ3n) is 1.71. The van der Waals surface area contributed by atoms with E-state index in [-0.39, 0.29) is 0 Å². The van der Waals surface area contributed by atoms with Gasteiger partial charge in [0.25, 0.3) is 0 Å². The Morgan fingerprint density at radius 1 is 1.67 bits per heavy atom. The normalized spacial score (nSPS) is 31.2. The first-order valence-electron chi connectivity index (χ1n) is 3.39. The molecule has 50 valence electrons. The van der Waals surface area contributed by atoms with Crippen molar-refractivity contribution in [1.82, 2.24) is 0 Å². The zero-order valence-electron chi connectivity index (χ0n) is 5.64. The molecule has 0 heterocycles. The van der Waals surface area contributed by atoms with Gasteiger partial charge in [0.1, 0.15) is 0 Å². The molecule has 0 aliphatic heterocycles. The first kappa shape index (κ1) is 6.56. The van der Waals surface area contributed by atoms with E-state index < -0.39 is 0 Å². The summed E-state index contributed by atoms with van der Waals surface area (Å²) in [6.45, 7) is 3.63. The first-order valence-corrected chi connectivity index (χ1v) is 3.39. The van der Waals surface area contributed by atoms with Crippen LogP contribution in [0.4, 0.5) is 0 Å². The molecule has 0 saturated heterocycles. The lowest BCUT2D eigenvalue weighted by atomic mass is 10.2. The molecule has 1 rings (SSSR count). The summed E-state index contributed by atoms with van der Waals surface area (Å²) >= 11 is 0. The topological polar surface area (TPSA) is 26.0 Å². The SMILES string of the molecule is C=C/C=C1\CCC(N)C1. The average Bonchev–Trinajstić information content (AvgIpc) is 2.17. The molecule has 1 fully saturated rings. The lowest BCUT2D eigenvalue weighted by molar-refractivity contribution is 0.711. The van der Waals surface area contributed by atoms with Crippen molar-refractivity contribution in [1.29, 1.82) is 0 Å². The van der Waals surface area contributed by atoms with E-state index in [0.717, 1.165) is 12.8 Å². The highest BCUT2D eigenvalue weighted by Crippen LogP contribution is 2.22. The van der Waals surface area contributed by atoms with Crippen molar-refractivity contribution in [2.75, 3.05) is 0 Å². The van der Waals surface area contributed by atoms with E-state index in [9.17, 15) is 0 Å². The molecule has 0 bridgehead atoms. The number of rotatable bonds is 1. The second-order valence-electron chi connectivity index (χ2n) is 2.56. The zero-order chi connectivity index (χ0) is 6.69. The van der Waals surface area contributed by atoms with Gasteiger partial charge in [-0.2, -0.15) is 0 Å². The molecule has 1 saturated carbocycles. The highest BCUT2D eigenvalue weighted by Gasteiger charge is 2.13. The van der Waals surface area contributed by atoms with Gasteiger partial charge in [-0.05, 0) is 19.3 Å². The maximum atomic E-state index is 5.68. The van der Waals surface area contributed by atoms with Crippen LogP contribution in [-0.4, -0.2) is 6.04 Å². The summed E-state index contributed by atoms with van der Waals surface area (Å²) in [6.07, 6.45) is 7.32. The lowest BCUT2D eigenvalue weighted by Gasteiger charge is -1.94. The van der Waals surface area contributed by atoms with Gasteiger partial charge in [-0.1, -0.05) is 24.3 Å². The summed E-state index contributed by atoms with van der Waals surface area (Å²) in [5.41, 5.74) is 7.14. The molecule has 1 heteroatoms. The molecule has 0 spiro atoms. The number of hydrogen-bond donors (Lipinski definition) is 1. The van der Waals surface area contributed by atoms with Crippen molar-refractivity contribution >= 4 is 0 Å². The highest BCUT2D eigenvalue weighted by molar-refractivity contribution is 5.15. The van der Waals surface area contributed by atoms with Gasteiger partial charge in [-0.15, -0.1) is 0 Å². The summed E-state index contributed by atoms with van der Waals surface area (Å²) in [6, 6.07) is 0.413. The number of allylic oxidation sites excluding steroid dienone is 2. The van der Waals surface area contributed by atoms with E-state index in [1.807, 2.05) is 6.08 Å². The predicted octanol–water partition coefficient (Wildman–Crippen LogP) is 1.61. The van der Waals surface area contributed by atoms with Gasteiger partial charge < -0.3 is 5.73 Å². The molecular formula is C8H13N. The minimum atomic E-state index is 0.413. The highest BCUT2D eigenvalue weighted by atomic mass is 14.6. The molecule has 0 radical (unpaired) electrons. The van der Waals surface area contributed by atoms with Gasteiger partial charge in [0, 0.05) is 6.04 Å². The van der Waals surface area contributed by atoms with E-state index in [1.165, 1.54) is 12.0 Å². The molecule has 0 aromatic carbocycles. The molecule has 1 unspecified atom stereocenters. The van der Waals surface area contributed by atoms with Crippen LogP contribution in [0.1, 0.15) is 19.3 Å². The van der Waals surface area contributed by atoms with Crippen molar-refractivity contribution in [3.05, 3.63) is 24.3 Å². The second kappa shape index (κ2) is 2.83. The largest absolute Gasteiger partial charge is 0.327 e. The fourth-order valence-electron chi connectivity index (χ4n) is 1.23. The Balaban J connectivity index is 2.47. The third-order valence-corrected chi connectivity index (χ3v) is 1.71. The molecule has 1 nitrogen and oxygen atoms in total. The van der Waals surface area contributed by atoms with Crippen LogP contribution in [0.2, 0.25) is 0 Å². The first-order chi connectivity index (χ1) is 4.33. The third kappa shape index (κ3) is 1.68. The van der Waals surface area contributed by atoms with Crippen LogP contribution in [0.15, 0.2) is 24.3 Å². The Kier molecular flexibility index (Phi) is 2.06. The molecule has 9 heavy (non-hydrogen) atoms. The molecule has 0 aromatic rings. The van der Waals surface area contributed by atoms with Gasteiger partial charge in [0.2, 0.25) is 0 Å². The summed E-state index contributed by atoms with van der Waals surface area (Å²) in [5, 5.41) is 0. The van der Waals surface area contributed by atoms with Crippen LogP contribution in [-0.2, 0) is 0 Å². The minimum absolute atomic E-state index is 0.413. The Bertz CT molecular complexity index is 136. The smallest absolute Gasteiger partial charge is 0.00792 e. The van der Waals surface area contributed by atoms with Gasteiger partial charge in [0.05, 0.1) is 0 Å². The predicted molar refractivity (Wildman–Crippen MR) is 40.1 cm³/mol. The average molecular weight is 123 g/mol. The maximum absolute atomic E-state index is 5.68. The number of nitrogens with two attached hydrogens (primary N) is 1. The fraction of sp³-hybridized carbons (Fsp3) is 0.500.